The number of hydrogen-bond acceptors (Lipinski definition) is 5. The highest BCUT2D eigenvalue weighted by molar-refractivity contribution is 7.92. The number of methoxy groups -OCH3 is 1. The van der Waals surface area contributed by atoms with E-state index < -0.39 is 28.5 Å². The average Bonchev–Trinajstić information content (AvgIpc) is 2.93. The van der Waals surface area contributed by atoms with E-state index in [2.05, 4.69) is 5.32 Å². The molecule has 10 heteroatoms. The van der Waals surface area contributed by atoms with Crippen molar-refractivity contribution in [1.82, 2.24) is 10.2 Å². The average molecular weight is 600 g/mol. The van der Waals surface area contributed by atoms with Gasteiger partial charge in [-0.2, -0.15) is 0 Å². The van der Waals surface area contributed by atoms with Crippen molar-refractivity contribution >= 4 is 39.1 Å². The summed E-state index contributed by atoms with van der Waals surface area (Å²) in [6.45, 7) is 4.08. The summed E-state index contributed by atoms with van der Waals surface area (Å²) in [5.41, 5.74) is 2.94. The number of ether oxygens (including phenoxy) is 1. The minimum Gasteiger partial charge on any atom is -0.495 e. The highest BCUT2D eigenvalue weighted by Gasteiger charge is 2.33. The highest BCUT2D eigenvalue weighted by Crippen LogP contribution is 2.30. The molecule has 1 N–H and O–H groups in total. The summed E-state index contributed by atoms with van der Waals surface area (Å²) in [4.78, 5) is 29.2. The number of halogens is 1. The second-order valence-electron chi connectivity index (χ2n) is 9.95. The van der Waals surface area contributed by atoms with Gasteiger partial charge < -0.3 is 15.0 Å². The maximum absolute atomic E-state index is 14.1. The van der Waals surface area contributed by atoms with E-state index in [0.717, 1.165) is 40.1 Å². The lowest BCUT2D eigenvalue weighted by atomic mass is 10.0. The normalized spacial score (nSPS) is 11.9. The fourth-order valence-corrected chi connectivity index (χ4v) is 5.58. The van der Waals surface area contributed by atoms with E-state index in [1.165, 1.54) is 24.1 Å². The zero-order chi connectivity index (χ0) is 30.0. The van der Waals surface area contributed by atoms with Gasteiger partial charge in [-0.25, -0.2) is 8.42 Å². The third-order valence-electron chi connectivity index (χ3n) is 6.64. The Labute approximate surface area is 248 Å². The summed E-state index contributed by atoms with van der Waals surface area (Å²) in [7, 11) is -2.44. The van der Waals surface area contributed by atoms with E-state index >= 15 is 0 Å². The van der Waals surface area contributed by atoms with Crippen LogP contribution in [0.4, 0.5) is 5.69 Å². The molecule has 1 atom stereocenters. The number of unbranched alkanes of at least 4 members (excludes halogenated alkanes) is 1. The quantitative estimate of drug-likeness (QED) is 0.264. The first-order chi connectivity index (χ1) is 19.5. The fourth-order valence-electron chi connectivity index (χ4n) is 4.49. The maximum atomic E-state index is 14.1. The minimum absolute atomic E-state index is 0.125. The van der Waals surface area contributed by atoms with Gasteiger partial charge in [-0.1, -0.05) is 85.1 Å². The molecule has 2 amide bonds. The molecule has 0 aliphatic rings. The van der Waals surface area contributed by atoms with Gasteiger partial charge in [0.25, 0.3) is 0 Å². The first-order valence-electron chi connectivity index (χ1n) is 13.5. The Kier molecular flexibility index (Phi) is 11.6. The molecule has 0 fully saturated rings. The van der Waals surface area contributed by atoms with E-state index in [1.807, 2.05) is 68.4 Å². The van der Waals surface area contributed by atoms with Crippen molar-refractivity contribution in [1.29, 1.82) is 0 Å². The van der Waals surface area contributed by atoms with Crippen LogP contribution in [0.1, 0.15) is 36.5 Å². The molecule has 0 aromatic heterocycles. The first kappa shape index (κ1) is 32.0. The number of carbonyl (C=O) groups is 2. The third kappa shape index (κ3) is 9.23. The topological polar surface area (TPSA) is 96.0 Å². The standard InChI is InChI=1S/C31H38ClN3O5S/c1-5-6-17-33-31(37)28(19-24-12-8-7-9-13-24)34(21-25-14-10-11-23(2)18-25)30(36)22-35(41(4,38)39)26-15-16-29(40-3)27(32)20-26/h7-16,18,20,28H,5-6,17,19,21-22H2,1-4H3,(H,33,37)/t28-/m0/s1. The Hall–Kier alpha value is -3.56. The van der Waals surface area contributed by atoms with E-state index in [-0.39, 0.29) is 29.6 Å². The van der Waals surface area contributed by atoms with Crippen molar-refractivity contribution < 1.29 is 22.7 Å². The summed E-state index contributed by atoms with van der Waals surface area (Å²) >= 11 is 6.29. The summed E-state index contributed by atoms with van der Waals surface area (Å²) in [5.74, 6) is -0.430. The maximum Gasteiger partial charge on any atom is 0.244 e. The summed E-state index contributed by atoms with van der Waals surface area (Å²) in [6, 6.07) is 20.8. The summed E-state index contributed by atoms with van der Waals surface area (Å²) in [5, 5.41) is 3.18. The molecular formula is C31H38ClN3O5S. The number of anilines is 1. The molecule has 0 aliphatic heterocycles. The predicted molar refractivity (Wildman–Crippen MR) is 164 cm³/mol. The van der Waals surface area contributed by atoms with E-state index in [0.29, 0.717) is 12.3 Å². The molecule has 220 valence electrons. The Bertz CT molecular complexity index is 1430. The number of sulfonamides is 1. The number of nitrogens with one attached hydrogen (secondary N) is 1. The van der Waals surface area contributed by atoms with E-state index in [1.54, 1.807) is 6.07 Å². The van der Waals surface area contributed by atoms with Crippen LogP contribution in [0, 0.1) is 6.92 Å². The third-order valence-corrected chi connectivity index (χ3v) is 8.07. The number of hydrogen-bond donors (Lipinski definition) is 1. The molecule has 0 heterocycles. The van der Waals surface area contributed by atoms with Crippen LogP contribution in [-0.4, -0.2) is 57.6 Å². The molecular weight excluding hydrogens is 562 g/mol. The van der Waals surface area contributed by atoms with Gasteiger partial charge in [0.05, 0.1) is 24.1 Å². The van der Waals surface area contributed by atoms with E-state index in [9.17, 15) is 18.0 Å². The fraction of sp³-hybridized carbons (Fsp3) is 0.355. The second-order valence-corrected chi connectivity index (χ2v) is 12.3. The van der Waals surface area contributed by atoms with Gasteiger partial charge in [-0.3, -0.25) is 13.9 Å². The summed E-state index contributed by atoms with van der Waals surface area (Å²) < 4.78 is 32.1. The van der Waals surface area contributed by atoms with Crippen molar-refractivity contribution in [3.8, 4) is 5.75 Å². The molecule has 3 aromatic carbocycles. The van der Waals surface area contributed by atoms with Gasteiger partial charge in [-0.15, -0.1) is 0 Å². The highest BCUT2D eigenvalue weighted by atomic mass is 35.5. The molecule has 8 nitrogen and oxygen atoms in total. The molecule has 0 bridgehead atoms. The summed E-state index contributed by atoms with van der Waals surface area (Å²) in [6.07, 6.45) is 3.00. The van der Waals surface area contributed by atoms with Crippen LogP contribution < -0.4 is 14.4 Å². The Morgan fingerprint density at radius 3 is 2.32 bits per heavy atom. The number of amides is 2. The predicted octanol–water partition coefficient (Wildman–Crippen LogP) is 4.98. The lowest BCUT2D eigenvalue weighted by Gasteiger charge is -2.33. The van der Waals surface area contributed by atoms with Crippen LogP contribution in [0.25, 0.3) is 0 Å². The van der Waals surface area contributed by atoms with Gasteiger partial charge in [-0.05, 0) is 42.7 Å². The molecule has 0 spiro atoms. The van der Waals surface area contributed by atoms with Crippen molar-refractivity contribution in [2.75, 3.05) is 30.8 Å². The number of benzene rings is 3. The first-order valence-corrected chi connectivity index (χ1v) is 15.7. The van der Waals surface area contributed by atoms with Gasteiger partial charge in [0.1, 0.15) is 18.3 Å². The smallest absolute Gasteiger partial charge is 0.244 e. The second kappa shape index (κ2) is 14.9. The van der Waals surface area contributed by atoms with Gasteiger partial charge in [0.2, 0.25) is 21.8 Å². The Balaban J connectivity index is 2.04. The van der Waals surface area contributed by atoms with E-state index in [4.69, 9.17) is 16.3 Å². The largest absolute Gasteiger partial charge is 0.495 e. The zero-order valence-electron chi connectivity index (χ0n) is 24.0. The van der Waals surface area contributed by atoms with Crippen LogP contribution >= 0.6 is 11.6 Å². The monoisotopic (exact) mass is 599 g/mol. The van der Waals surface area contributed by atoms with Crippen molar-refractivity contribution in [2.24, 2.45) is 0 Å². The van der Waals surface area contributed by atoms with Crippen LogP contribution in [0.3, 0.4) is 0 Å². The molecule has 0 unspecified atom stereocenters. The zero-order valence-corrected chi connectivity index (χ0v) is 25.5. The Morgan fingerprint density at radius 2 is 1.71 bits per heavy atom. The molecule has 0 aliphatic carbocycles. The molecule has 41 heavy (non-hydrogen) atoms. The van der Waals surface area contributed by atoms with Crippen LogP contribution in [0.2, 0.25) is 5.02 Å². The lowest BCUT2D eigenvalue weighted by molar-refractivity contribution is -0.140. The van der Waals surface area contributed by atoms with Gasteiger partial charge >= 0.3 is 0 Å². The minimum atomic E-state index is -3.90. The SMILES string of the molecule is CCCCNC(=O)[C@H](Cc1ccccc1)N(Cc1cccc(C)c1)C(=O)CN(c1ccc(OC)c(Cl)c1)S(C)(=O)=O. The van der Waals surface area contributed by atoms with Gasteiger partial charge in [0, 0.05) is 19.5 Å². The molecule has 0 saturated heterocycles. The molecule has 3 aromatic rings. The molecule has 3 rings (SSSR count). The Morgan fingerprint density at radius 1 is 1.00 bits per heavy atom. The number of rotatable bonds is 14. The van der Waals surface area contributed by atoms with Crippen LogP contribution in [0.15, 0.2) is 72.8 Å². The molecule has 0 saturated carbocycles. The van der Waals surface area contributed by atoms with Crippen molar-refractivity contribution in [3.05, 3.63) is 94.5 Å². The number of aryl methyl sites for hydroxylation is 1. The van der Waals surface area contributed by atoms with Crippen LogP contribution in [-0.2, 0) is 32.6 Å². The number of carbonyl (C=O) groups excluding carboxylic acids is 2. The number of nitrogens with zero attached hydrogens (tertiary/aromatic N) is 2. The lowest BCUT2D eigenvalue weighted by Crippen LogP contribution is -2.53. The van der Waals surface area contributed by atoms with Crippen molar-refractivity contribution in [3.63, 3.8) is 0 Å². The van der Waals surface area contributed by atoms with Gasteiger partial charge in [0.15, 0.2) is 0 Å². The molecule has 0 radical (unpaired) electrons. The van der Waals surface area contributed by atoms with Crippen molar-refractivity contribution in [2.45, 2.75) is 45.7 Å². The van der Waals surface area contributed by atoms with Crippen LogP contribution in [0.5, 0.6) is 5.75 Å².